The van der Waals surface area contributed by atoms with Crippen LogP contribution >= 0.6 is 0 Å². The van der Waals surface area contributed by atoms with Crippen molar-refractivity contribution >= 4 is 14.3 Å². The molecule has 0 unspecified atom stereocenters. The number of methoxy groups -OCH3 is 1. The molecule has 8 heteroatoms. The highest BCUT2D eigenvalue weighted by Crippen LogP contribution is 2.46. The van der Waals surface area contributed by atoms with Crippen molar-refractivity contribution < 1.29 is 32.9 Å². The van der Waals surface area contributed by atoms with E-state index in [0.29, 0.717) is 24.7 Å². The average Bonchev–Trinajstić information content (AvgIpc) is 2.98. The Morgan fingerprint density at radius 1 is 1.21 bits per heavy atom. The monoisotopic (exact) mass is 426 g/mol. The van der Waals surface area contributed by atoms with Crippen LogP contribution in [0.1, 0.15) is 39.4 Å². The zero-order valence-electron chi connectivity index (χ0n) is 18.6. The van der Waals surface area contributed by atoms with Crippen molar-refractivity contribution in [1.29, 1.82) is 0 Å². The summed E-state index contributed by atoms with van der Waals surface area (Å²) in [4.78, 5) is 12.5. The van der Waals surface area contributed by atoms with Crippen LogP contribution in [-0.2, 0) is 23.4 Å². The molecule has 0 aromatic heterocycles. The van der Waals surface area contributed by atoms with E-state index in [1.165, 1.54) is 0 Å². The zero-order valence-corrected chi connectivity index (χ0v) is 19.6. The van der Waals surface area contributed by atoms with Crippen LogP contribution < -0.4 is 9.47 Å². The number of ether oxygens (including phenoxy) is 5. The first-order chi connectivity index (χ1) is 13.6. The standard InChI is InChI=1S/C21H34O7Si/c1-8-25-20(22)19-18(28-29(6,7)21(2,3)4)16-10-9-15(13-17(16)27-19)26-14-24-12-11-23-5/h9-10,13,18-19H,8,11-12,14H2,1-7H3/t18-,19-/m0/s1. The summed E-state index contributed by atoms with van der Waals surface area (Å²) in [7, 11) is -0.532. The van der Waals surface area contributed by atoms with Gasteiger partial charge in [0.05, 0.1) is 19.8 Å². The van der Waals surface area contributed by atoms with Crippen LogP contribution in [0.15, 0.2) is 18.2 Å². The van der Waals surface area contributed by atoms with Crippen LogP contribution in [0.4, 0.5) is 0 Å². The topological polar surface area (TPSA) is 72.5 Å². The van der Waals surface area contributed by atoms with Crippen molar-refractivity contribution in [1.82, 2.24) is 0 Å². The lowest BCUT2D eigenvalue weighted by molar-refractivity contribution is -0.154. The van der Waals surface area contributed by atoms with E-state index in [0.717, 1.165) is 5.56 Å². The molecule has 0 spiro atoms. The first-order valence-electron chi connectivity index (χ1n) is 9.95. The maximum atomic E-state index is 12.5. The molecule has 1 aromatic rings. The van der Waals surface area contributed by atoms with Gasteiger partial charge in [0.1, 0.15) is 17.6 Å². The Balaban J connectivity index is 2.19. The number of carbonyl (C=O) groups excluding carboxylic acids is 1. The van der Waals surface area contributed by atoms with Gasteiger partial charge in [0.15, 0.2) is 15.1 Å². The molecule has 0 aliphatic carbocycles. The largest absolute Gasteiger partial charge is 0.475 e. The summed E-state index contributed by atoms with van der Waals surface area (Å²) in [5, 5.41) is -0.00242. The van der Waals surface area contributed by atoms with E-state index in [9.17, 15) is 4.79 Å². The minimum absolute atomic E-state index is 0.00242. The molecular weight excluding hydrogens is 392 g/mol. The summed E-state index contributed by atoms with van der Waals surface area (Å²) in [5.41, 5.74) is 0.834. The van der Waals surface area contributed by atoms with Crippen LogP contribution in [0.5, 0.6) is 11.5 Å². The lowest BCUT2D eigenvalue weighted by Gasteiger charge is -2.39. The summed E-state index contributed by atoms with van der Waals surface area (Å²) in [5.74, 6) is 0.746. The van der Waals surface area contributed by atoms with Crippen LogP contribution in [0.2, 0.25) is 18.1 Å². The Bertz CT molecular complexity index is 684. The van der Waals surface area contributed by atoms with Crippen LogP contribution in [0.3, 0.4) is 0 Å². The molecule has 0 saturated carbocycles. The minimum atomic E-state index is -2.15. The van der Waals surface area contributed by atoms with Crippen molar-refractivity contribution in [2.75, 3.05) is 33.7 Å². The Kier molecular flexibility index (Phi) is 8.10. The van der Waals surface area contributed by atoms with Crippen molar-refractivity contribution in [3.05, 3.63) is 23.8 Å². The van der Waals surface area contributed by atoms with Gasteiger partial charge in [0.25, 0.3) is 0 Å². The molecule has 0 saturated heterocycles. The highest BCUT2D eigenvalue weighted by atomic mass is 28.4. The second kappa shape index (κ2) is 9.93. The van der Waals surface area contributed by atoms with Crippen molar-refractivity contribution in [2.45, 2.75) is 58.0 Å². The summed E-state index contributed by atoms with van der Waals surface area (Å²) in [6.45, 7) is 13.9. The highest BCUT2D eigenvalue weighted by Gasteiger charge is 2.47. The number of carbonyl (C=O) groups is 1. The Labute approximate surface area is 174 Å². The van der Waals surface area contributed by atoms with Crippen molar-refractivity contribution in [2.24, 2.45) is 0 Å². The molecular formula is C21H34O7Si. The van der Waals surface area contributed by atoms with E-state index in [1.807, 2.05) is 12.1 Å². The fourth-order valence-electron chi connectivity index (χ4n) is 2.63. The van der Waals surface area contributed by atoms with Gasteiger partial charge < -0.3 is 28.1 Å². The van der Waals surface area contributed by atoms with Gasteiger partial charge in [-0.15, -0.1) is 0 Å². The molecule has 2 atom stereocenters. The number of benzene rings is 1. The van der Waals surface area contributed by atoms with Crippen LogP contribution in [0, 0.1) is 0 Å². The van der Waals surface area contributed by atoms with Crippen LogP contribution in [0.25, 0.3) is 0 Å². The second-order valence-corrected chi connectivity index (χ2v) is 13.2. The highest BCUT2D eigenvalue weighted by molar-refractivity contribution is 6.74. The molecule has 0 amide bonds. The van der Waals surface area contributed by atoms with E-state index < -0.39 is 26.5 Å². The van der Waals surface area contributed by atoms with E-state index >= 15 is 0 Å². The quantitative estimate of drug-likeness (QED) is 0.242. The number of esters is 1. The summed E-state index contributed by atoms with van der Waals surface area (Å²) >= 11 is 0. The maximum Gasteiger partial charge on any atom is 0.350 e. The molecule has 1 aliphatic heterocycles. The summed E-state index contributed by atoms with van der Waals surface area (Å²) in [6.07, 6.45) is -1.33. The summed E-state index contributed by atoms with van der Waals surface area (Å²) in [6, 6.07) is 5.48. The average molecular weight is 427 g/mol. The van der Waals surface area contributed by atoms with Gasteiger partial charge in [0.2, 0.25) is 6.10 Å². The van der Waals surface area contributed by atoms with E-state index in [2.05, 4.69) is 33.9 Å². The van der Waals surface area contributed by atoms with Crippen molar-refractivity contribution in [3.8, 4) is 11.5 Å². The molecule has 0 bridgehead atoms. The van der Waals surface area contributed by atoms with E-state index in [1.54, 1.807) is 20.1 Å². The fraction of sp³-hybridized carbons (Fsp3) is 0.667. The Morgan fingerprint density at radius 2 is 1.93 bits per heavy atom. The van der Waals surface area contributed by atoms with Gasteiger partial charge in [-0.3, -0.25) is 0 Å². The molecule has 1 heterocycles. The van der Waals surface area contributed by atoms with Gasteiger partial charge in [-0.25, -0.2) is 4.79 Å². The van der Waals surface area contributed by atoms with Gasteiger partial charge in [-0.05, 0) is 37.2 Å². The summed E-state index contributed by atoms with van der Waals surface area (Å²) < 4.78 is 33.6. The number of hydrogen-bond donors (Lipinski definition) is 0. The molecule has 2 rings (SSSR count). The minimum Gasteiger partial charge on any atom is -0.475 e. The normalized spacial score (nSPS) is 18.9. The molecule has 29 heavy (non-hydrogen) atoms. The third kappa shape index (κ3) is 5.94. The van der Waals surface area contributed by atoms with Gasteiger partial charge in [0, 0.05) is 18.7 Å². The molecule has 7 nitrogen and oxygen atoms in total. The number of hydrogen-bond acceptors (Lipinski definition) is 7. The Morgan fingerprint density at radius 3 is 2.55 bits per heavy atom. The van der Waals surface area contributed by atoms with E-state index in [4.69, 9.17) is 28.1 Å². The zero-order chi connectivity index (χ0) is 21.7. The van der Waals surface area contributed by atoms with Crippen molar-refractivity contribution in [3.63, 3.8) is 0 Å². The van der Waals surface area contributed by atoms with Gasteiger partial charge >= 0.3 is 5.97 Å². The lowest BCUT2D eigenvalue weighted by atomic mass is 10.1. The maximum absolute atomic E-state index is 12.5. The number of fused-ring (bicyclic) bond motifs is 1. The predicted octanol–water partition coefficient (Wildman–Crippen LogP) is 4.07. The first kappa shape index (κ1) is 23.7. The van der Waals surface area contributed by atoms with Gasteiger partial charge in [-0.1, -0.05) is 20.8 Å². The SMILES string of the molecule is CCOC(=O)[C@H]1Oc2cc(OCOCCOC)ccc2[C@@H]1O[Si](C)(C)C(C)(C)C. The first-order valence-corrected chi connectivity index (χ1v) is 12.9. The van der Waals surface area contributed by atoms with Gasteiger partial charge in [-0.2, -0.15) is 0 Å². The smallest absolute Gasteiger partial charge is 0.350 e. The molecule has 0 N–H and O–H groups in total. The van der Waals surface area contributed by atoms with Crippen LogP contribution in [-0.4, -0.2) is 54.1 Å². The lowest BCUT2D eigenvalue weighted by Crippen LogP contribution is -2.45. The molecule has 1 aliphatic rings. The predicted molar refractivity (Wildman–Crippen MR) is 112 cm³/mol. The Hall–Kier alpha value is -1.61. The number of rotatable bonds is 10. The molecule has 0 fully saturated rings. The fourth-order valence-corrected chi connectivity index (χ4v) is 3.87. The molecule has 0 radical (unpaired) electrons. The second-order valence-electron chi connectivity index (χ2n) is 8.45. The third-order valence-electron chi connectivity index (χ3n) is 5.31. The molecule has 1 aromatic carbocycles. The third-order valence-corrected chi connectivity index (χ3v) is 9.76. The van der Waals surface area contributed by atoms with E-state index in [-0.39, 0.29) is 18.4 Å². The molecule has 164 valence electrons.